The molecule has 0 aliphatic rings. The zero-order chi connectivity index (χ0) is 13.9. The summed E-state index contributed by atoms with van der Waals surface area (Å²) in [5.74, 6) is -1.71. The van der Waals surface area contributed by atoms with Crippen molar-refractivity contribution in [2.45, 2.75) is 38.0 Å². The molecule has 5 nitrogen and oxygen atoms in total. The van der Waals surface area contributed by atoms with Gasteiger partial charge in [0.25, 0.3) is 0 Å². The summed E-state index contributed by atoms with van der Waals surface area (Å²) in [4.78, 5) is 22.2. The Kier molecular flexibility index (Phi) is 4.94. The van der Waals surface area contributed by atoms with Gasteiger partial charge in [-0.1, -0.05) is 0 Å². The highest BCUT2D eigenvalue weighted by Crippen LogP contribution is 2.30. The van der Waals surface area contributed by atoms with Crippen LogP contribution in [0.2, 0.25) is 0 Å². The lowest BCUT2D eigenvalue weighted by Crippen LogP contribution is -2.54. The molecule has 0 unspecified atom stereocenters. The molecule has 0 heterocycles. The van der Waals surface area contributed by atoms with Gasteiger partial charge in [0.15, 0.2) is 0 Å². The highest BCUT2D eigenvalue weighted by Gasteiger charge is 2.49. The van der Waals surface area contributed by atoms with Gasteiger partial charge in [0.2, 0.25) is 5.91 Å². The summed E-state index contributed by atoms with van der Waals surface area (Å²) < 4.78 is 41.4. The minimum absolute atomic E-state index is 0.704. The van der Waals surface area contributed by atoms with E-state index in [-0.39, 0.29) is 0 Å². The van der Waals surface area contributed by atoms with Crippen LogP contribution in [0.4, 0.5) is 13.2 Å². The van der Waals surface area contributed by atoms with Gasteiger partial charge in [0, 0.05) is 0 Å². The van der Waals surface area contributed by atoms with Crippen LogP contribution in [0.3, 0.4) is 0 Å². The van der Waals surface area contributed by atoms with Crippen molar-refractivity contribution >= 4 is 11.9 Å². The van der Waals surface area contributed by atoms with Gasteiger partial charge in [-0.2, -0.15) is 13.2 Å². The number of carbonyl (C=O) groups excluding carboxylic acids is 2. The average Bonchev–Trinajstić information content (AvgIpc) is 2.13. The van der Waals surface area contributed by atoms with E-state index in [4.69, 9.17) is 5.73 Å². The summed E-state index contributed by atoms with van der Waals surface area (Å²) in [6, 6.07) is -1.02. The number of hydrogen-bond donors (Lipinski definition) is 2. The maximum Gasteiger partial charge on any atom is 0.406 e. The molecule has 0 saturated heterocycles. The molecule has 0 aromatic heterocycles. The third-order valence-electron chi connectivity index (χ3n) is 2.11. The molecule has 100 valence electrons. The fourth-order valence-corrected chi connectivity index (χ4v) is 0.962. The number of hydrogen-bond acceptors (Lipinski definition) is 4. The maximum atomic E-state index is 12.4. The lowest BCUT2D eigenvalue weighted by atomic mass is 9.98. The van der Waals surface area contributed by atoms with Crippen LogP contribution >= 0.6 is 0 Å². The molecule has 2 atom stereocenters. The van der Waals surface area contributed by atoms with Crippen molar-refractivity contribution < 1.29 is 27.5 Å². The Morgan fingerprint density at radius 2 is 1.88 bits per heavy atom. The molecule has 0 saturated carbocycles. The number of esters is 1. The summed E-state index contributed by atoms with van der Waals surface area (Å²) in [5.41, 5.74) is 2.35. The summed E-state index contributed by atoms with van der Waals surface area (Å²) in [6.45, 7) is 2.00. The zero-order valence-corrected chi connectivity index (χ0v) is 9.72. The first-order chi connectivity index (χ1) is 7.51. The highest BCUT2D eigenvalue weighted by molar-refractivity contribution is 5.84. The molecule has 0 bridgehead atoms. The molecular weight excluding hydrogens is 241 g/mol. The zero-order valence-electron chi connectivity index (χ0n) is 9.72. The molecule has 0 aliphatic heterocycles. The Hall–Kier alpha value is -1.31. The minimum Gasteiger partial charge on any atom is -0.467 e. The number of alkyl halides is 3. The van der Waals surface area contributed by atoms with Crippen LogP contribution < -0.4 is 11.1 Å². The Bertz CT molecular complexity index is 302. The molecule has 0 spiro atoms. The fraction of sp³-hybridized carbons (Fsp3) is 0.778. The number of carbonyl (C=O) groups is 2. The number of ether oxygens (including phenoxy) is 1. The number of methoxy groups -OCH3 is 1. The topological polar surface area (TPSA) is 81.4 Å². The maximum absolute atomic E-state index is 12.4. The van der Waals surface area contributed by atoms with Gasteiger partial charge < -0.3 is 15.8 Å². The number of halogens is 3. The standard InChI is InChI=1S/C9H15F3N2O3/c1-5(7(16)17-3)14-6(15)4-8(2,13)9(10,11)12/h5H,4,13H2,1-3H3,(H,14,15)/t5-,8+/m0/s1. The smallest absolute Gasteiger partial charge is 0.406 e. The largest absolute Gasteiger partial charge is 0.467 e. The summed E-state index contributed by atoms with van der Waals surface area (Å²) in [7, 11) is 1.10. The second-order valence-electron chi connectivity index (χ2n) is 3.90. The third kappa shape index (κ3) is 4.59. The third-order valence-corrected chi connectivity index (χ3v) is 2.11. The summed E-state index contributed by atoms with van der Waals surface area (Å²) in [5, 5.41) is 2.07. The van der Waals surface area contributed by atoms with Gasteiger partial charge in [-0.15, -0.1) is 0 Å². The first-order valence-electron chi connectivity index (χ1n) is 4.74. The predicted molar refractivity (Wildman–Crippen MR) is 52.9 cm³/mol. The molecule has 17 heavy (non-hydrogen) atoms. The number of rotatable bonds is 4. The van der Waals surface area contributed by atoms with E-state index >= 15 is 0 Å². The van der Waals surface area contributed by atoms with E-state index in [1.54, 1.807) is 0 Å². The average molecular weight is 256 g/mol. The molecule has 0 fully saturated rings. The van der Waals surface area contributed by atoms with Crippen molar-refractivity contribution in [2.24, 2.45) is 5.73 Å². The van der Waals surface area contributed by atoms with Gasteiger partial charge >= 0.3 is 12.1 Å². The van der Waals surface area contributed by atoms with Crippen LogP contribution in [0.5, 0.6) is 0 Å². The van der Waals surface area contributed by atoms with Gasteiger partial charge in [-0.05, 0) is 13.8 Å². The van der Waals surface area contributed by atoms with Crippen LogP contribution in [0.15, 0.2) is 0 Å². The van der Waals surface area contributed by atoms with Crippen LogP contribution in [-0.4, -0.2) is 36.7 Å². The van der Waals surface area contributed by atoms with Crippen molar-refractivity contribution in [2.75, 3.05) is 7.11 Å². The molecule has 0 aliphatic carbocycles. The van der Waals surface area contributed by atoms with Gasteiger partial charge in [-0.3, -0.25) is 4.79 Å². The normalized spacial score (nSPS) is 16.9. The van der Waals surface area contributed by atoms with Crippen LogP contribution in [-0.2, 0) is 14.3 Å². The van der Waals surface area contributed by atoms with Gasteiger partial charge in [0.1, 0.15) is 11.6 Å². The van der Waals surface area contributed by atoms with E-state index in [0.29, 0.717) is 6.92 Å². The van der Waals surface area contributed by atoms with Gasteiger partial charge in [-0.25, -0.2) is 4.79 Å². The highest BCUT2D eigenvalue weighted by atomic mass is 19.4. The number of amides is 1. The van der Waals surface area contributed by atoms with Crippen molar-refractivity contribution in [1.29, 1.82) is 0 Å². The van der Waals surface area contributed by atoms with E-state index in [2.05, 4.69) is 10.1 Å². The van der Waals surface area contributed by atoms with Crippen LogP contribution in [0, 0.1) is 0 Å². The van der Waals surface area contributed by atoms with E-state index in [1.807, 2.05) is 0 Å². The molecule has 0 radical (unpaired) electrons. The van der Waals surface area contributed by atoms with Crippen LogP contribution in [0.25, 0.3) is 0 Å². The quantitative estimate of drug-likeness (QED) is 0.710. The van der Waals surface area contributed by atoms with Crippen molar-refractivity contribution in [1.82, 2.24) is 5.32 Å². The monoisotopic (exact) mass is 256 g/mol. The first-order valence-corrected chi connectivity index (χ1v) is 4.74. The van der Waals surface area contributed by atoms with E-state index in [9.17, 15) is 22.8 Å². The van der Waals surface area contributed by atoms with E-state index < -0.39 is 36.1 Å². The van der Waals surface area contributed by atoms with E-state index in [0.717, 1.165) is 7.11 Å². The van der Waals surface area contributed by atoms with Gasteiger partial charge in [0.05, 0.1) is 13.5 Å². The van der Waals surface area contributed by atoms with Crippen molar-refractivity contribution in [3.05, 3.63) is 0 Å². The Balaban J connectivity index is 4.43. The van der Waals surface area contributed by atoms with Crippen molar-refractivity contribution in [3.63, 3.8) is 0 Å². The van der Waals surface area contributed by atoms with Crippen LogP contribution in [0.1, 0.15) is 20.3 Å². The molecule has 0 aromatic carbocycles. The fourth-order valence-electron chi connectivity index (χ4n) is 0.962. The second-order valence-corrected chi connectivity index (χ2v) is 3.90. The summed E-state index contributed by atoms with van der Waals surface area (Å²) >= 11 is 0. The molecule has 1 amide bonds. The van der Waals surface area contributed by atoms with Crippen molar-refractivity contribution in [3.8, 4) is 0 Å². The first kappa shape index (κ1) is 15.7. The number of nitrogens with one attached hydrogen (secondary N) is 1. The minimum atomic E-state index is -4.70. The molecule has 0 aromatic rings. The number of nitrogens with two attached hydrogens (primary N) is 1. The molecule has 0 rings (SSSR count). The molecular formula is C9H15F3N2O3. The lowest BCUT2D eigenvalue weighted by molar-refractivity contribution is -0.184. The SMILES string of the molecule is COC(=O)[C@H](C)NC(=O)C[C@@](C)(N)C(F)(F)F. The Morgan fingerprint density at radius 3 is 2.24 bits per heavy atom. The van der Waals surface area contributed by atoms with E-state index in [1.165, 1.54) is 6.92 Å². The lowest BCUT2D eigenvalue weighted by Gasteiger charge is -2.27. The Labute approximate surface area is 96.5 Å². The predicted octanol–water partition coefficient (Wildman–Crippen LogP) is 0.334. The summed E-state index contributed by atoms with van der Waals surface area (Å²) in [6.07, 6.45) is -5.66. The molecule has 8 heteroatoms. The second kappa shape index (κ2) is 5.35. The molecule has 3 N–H and O–H groups in total. The Morgan fingerprint density at radius 1 is 1.41 bits per heavy atom.